The van der Waals surface area contributed by atoms with Gasteiger partial charge in [0.15, 0.2) is 0 Å². The van der Waals surface area contributed by atoms with Gasteiger partial charge < -0.3 is 20.2 Å². The molecule has 4 rings (SSSR count). The molecule has 140 valence electrons. The third-order valence-electron chi connectivity index (χ3n) is 5.56. The zero-order chi connectivity index (χ0) is 17.9. The Labute approximate surface area is 153 Å². The van der Waals surface area contributed by atoms with Crippen LogP contribution < -0.4 is 10.2 Å². The summed E-state index contributed by atoms with van der Waals surface area (Å²) in [6.07, 6.45) is 7.90. The van der Waals surface area contributed by atoms with Gasteiger partial charge in [-0.3, -0.25) is 4.79 Å². The van der Waals surface area contributed by atoms with Crippen LogP contribution in [0.4, 0.5) is 5.69 Å². The molecule has 0 aliphatic carbocycles. The van der Waals surface area contributed by atoms with Crippen molar-refractivity contribution >= 4 is 17.1 Å². The molecule has 0 unspecified atom stereocenters. The molecular weight excluding hydrogens is 330 g/mol. The number of amides is 1. The Balaban J connectivity index is 1.45. The van der Waals surface area contributed by atoms with Crippen molar-refractivity contribution in [3.63, 3.8) is 0 Å². The van der Waals surface area contributed by atoms with E-state index in [1.54, 1.807) is 10.7 Å². The van der Waals surface area contributed by atoms with E-state index in [0.717, 1.165) is 44.5 Å². The molecule has 0 spiro atoms. The van der Waals surface area contributed by atoms with Crippen LogP contribution in [-0.4, -0.2) is 70.9 Å². The van der Waals surface area contributed by atoms with E-state index in [-0.39, 0.29) is 18.6 Å². The topological polar surface area (TPSA) is 73.1 Å². The van der Waals surface area contributed by atoms with Crippen molar-refractivity contribution in [2.45, 2.75) is 31.7 Å². The summed E-state index contributed by atoms with van der Waals surface area (Å²) in [5, 5.41) is 16.5. The fourth-order valence-electron chi connectivity index (χ4n) is 4.02. The van der Waals surface area contributed by atoms with Crippen LogP contribution in [-0.2, 0) is 0 Å². The molecule has 0 aromatic carbocycles. The lowest BCUT2D eigenvalue weighted by Gasteiger charge is -2.31. The van der Waals surface area contributed by atoms with E-state index in [9.17, 15) is 4.79 Å². The van der Waals surface area contributed by atoms with Crippen molar-refractivity contribution < 1.29 is 9.90 Å². The number of aliphatic hydroxyl groups excluding tert-OH is 1. The highest BCUT2D eigenvalue weighted by Crippen LogP contribution is 2.23. The maximum Gasteiger partial charge on any atom is 0.255 e. The van der Waals surface area contributed by atoms with Crippen LogP contribution in [0.25, 0.3) is 5.52 Å². The number of carbonyl (C=O) groups is 1. The van der Waals surface area contributed by atoms with E-state index < -0.39 is 0 Å². The van der Waals surface area contributed by atoms with Gasteiger partial charge in [0.25, 0.3) is 5.91 Å². The molecule has 4 heterocycles. The quantitative estimate of drug-likeness (QED) is 0.839. The number of hydrogen-bond acceptors (Lipinski definition) is 5. The molecule has 2 aromatic heterocycles. The van der Waals surface area contributed by atoms with Crippen LogP contribution in [0.15, 0.2) is 24.5 Å². The minimum Gasteiger partial charge on any atom is -0.395 e. The second-order valence-corrected chi connectivity index (χ2v) is 7.28. The Hall–Kier alpha value is -2.12. The Morgan fingerprint density at radius 2 is 2.00 bits per heavy atom. The summed E-state index contributed by atoms with van der Waals surface area (Å²) in [5.41, 5.74) is 2.68. The van der Waals surface area contributed by atoms with Crippen LogP contribution in [0.5, 0.6) is 0 Å². The third kappa shape index (κ3) is 3.54. The van der Waals surface area contributed by atoms with Gasteiger partial charge in [0.2, 0.25) is 0 Å². The normalized spacial score (nSPS) is 19.3. The largest absolute Gasteiger partial charge is 0.395 e. The minimum absolute atomic E-state index is 0.0424. The number of aromatic nitrogens is 2. The standard InChI is InChI=1S/C19H27N5O2/c25-12-11-22-8-3-15(4-9-22)21-19(26)17-14-20-24-10-5-16(13-18(17)24)23-6-1-2-7-23/h5,10,13-15,25H,1-4,6-9,11-12H2,(H,21,26). The number of likely N-dealkylation sites (tertiary alicyclic amines) is 1. The van der Waals surface area contributed by atoms with Gasteiger partial charge in [-0.15, -0.1) is 0 Å². The average molecular weight is 357 g/mol. The van der Waals surface area contributed by atoms with Gasteiger partial charge in [-0.1, -0.05) is 0 Å². The van der Waals surface area contributed by atoms with Gasteiger partial charge >= 0.3 is 0 Å². The second-order valence-electron chi connectivity index (χ2n) is 7.28. The van der Waals surface area contributed by atoms with E-state index in [1.807, 2.05) is 6.20 Å². The number of aliphatic hydroxyl groups is 1. The van der Waals surface area contributed by atoms with E-state index in [0.29, 0.717) is 12.1 Å². The highest BCUT2D eigenvalue weighted by Gasteiger charge is 2.23. The molecule has 1 amide bonds. The zero-order valence-electron chi connectivity index (χ0n) is 15.1. The maximum atomic E-state index is 12.8. The monoisotopic (exact) mass is 357 g/mol. The molecular formula is C19H27N5O2. The number of rotatable bonds is 5. The molecule has 0 atom stereocenters. The number of nitrogens with one attached hydrogen (secondary N) is 1. The Bertz CT molecular complexity index is 760. The van der Waals surface area contributed by atoms with Crippen molar-refractivity contribution in [3.05, 3.63) is 30.1 Å². The smallest absolute Gasteiger partial charge is 0.255 e. The first-order chi connectivity index (χ1) is 12.7. The molecule has 2 aliphatic heterocycles. The SMILES string of the molecule is O=C(NC1CCN(CCO)CC1)c1cnn2ccc(N3CCCC3)cc12. The van der Waals surface area contributed by atoms with E-state index in [1.165, 1.54) is 18.5 Å². The van der Waals surface area contributed by atoms with E-state index >= 15 is 0 Å². The van der Waals surface area contributed by atoms with Crippen LogP contribution in [0.2, 0.25) is 0 Å². The average Bonchev–Trinajstić information content (AvgIpc) is 3.33. The van der Waals surface area contributed by atoms with Crippen LogP contribution >= 0.6 is 0 Å². The maximum absolute atomic E-state index is 12.8. The van der Waals surface area contributed by atoms with Crippen LogP contribution in [0.3, 0.4) is 0 Å². The summed E-state index contributed by atoms with van der Waals surface area (Å²) in [4.78, 5) is 17.4. The molecule has 0 bridgehead atoms. The lowest BCUT2D eigenvalue weighted by atomic mass is 10.0. The number of fused-ring (bicyclic) bond motifs is 1. The number of β-amino-alcohol motifs (C(OH)–C–C–N with tert-alkyl or cyclic N) is 1. The highest BCUT2D eigenvalue weighted by atomic mass is 16.3. The predicted octanol–water partition coefficient (Wildman–Crippen LogP) is 1.12. The molecule has 7 nitrogen and oxygen atoms in total. The minimum atomic E-state index is -0.0424. The molecule has 2 aromatic rings. The van der Waals surface area contributed by atoms with Crippen LogP contribution in [0, 0.1) is 0 Å². The number of nitrogens with zero attached hydrogens (tertiary/aromatic N) is 4. The molecule has 26 heavy (non-hydrogen) atoms. The Kier molecular flexibility index (Phi) is 5.08. The summed E-state index contributed by atoms with van der Waals surface area (Å²) in [5.74, 6) is -0.0424. The van der Waals surface area contributed by atoms with Gasteiger partial charge in [0, 0.05) is 50.6 Å². The number of carbonyl (C=O) groups excluding carboxylic acids is 1. The highest BCUT2D eigenvalue weighted by molar-refractivity contribution is 6.01. The van der Waals surface area contributed by atoms with Gasteiger partial charge in [0.1, 0.15) is 0 Å². The third-order valence-corrected chi connectivity index (χ3v) is 5.56. The van der Waals surface area contributed by atoms with E-state index in [2.05, 4.69) is 32.3 Å². The van der Waals surface area contributed by atoms with Crippen molar-refractivity contribution in [1.29, 1.82) is 0 Å². The molecule has 7 heteroatoms. The van der Waals surface area contributed by atoms with Crippen molar-refractivity contribution in [1.82, 2.24) is 19.8 Å². The molecule has 0 saturated carbocycles. The van der Waals surface area contributed by atoms with Gasteiger partial charge in [-0.05, 0) is 37.8 Å². The van der Waals surface area contributed by atoms with Crippen molar-refractivity contribution in [2.24, 2.45) is 0 Å². The van der Waals surface area contributed by atoms with Gasteiger partial charge in [0.05, 0.1) is 23.9 Å². The van der Waals surface area contributed by atoms with Gasteiger partial charge in [-0.2, -0.15) is 5.10 Å². The van der Waals surface area contributed by atoms with Crippen molar-refractivity contribution in [2.75, 3.05) is 44.2 Å². The number of piperidine rings is 1. The predicted molar refractivity (Wildman–Crippen MR) is 101 cm³/mol. The summed E-state index contributed by atoms with van der Waals surface area (Å²) in [6, 6.07) is 4.34. The van der Waals surface area contributed by atoms with Gasteiger partial charge in [-0.25, -0.2) is 4.52 Å². The number of anilines is 1. The van der Waals surface area contributed by atoms with E-state index in [4.69, 9.17) is 5.11 Å². The molecule has 2 aliphatic rings. The fraction of sp³-hybridized carbons (Fsp3) is 0.579. The Morgan fingerprint density at radius 3 is 2.73 bits per heavy atom. The lowest BCUT2D eigenvalue weighted by Crippen LogP contribution is -2.45. The summed E-state index contributed by atoms with van der Waals surface area (Å²) in [6.45, 7) is 4.90. The first kappa shape index (κ1) is 17.3. The van der Waals surface area contributed by atoms with Crippen LogP contribution in [0.1, 0.15) is 36.0 Å². The number of pyridine rings is 1. The van der Waals surface area contributed by atoms with Crippen molar-refractivity contribution in [3.8, 4) is 0 Å². The molecule has 2 saturated heterocycles. The lowest BCUT2D eigenvalue weighted by molar-refractivity contribution is 0.0904. The fourth-order valence-corrected chi connectivity index (χ4v) is 4.02. The first-order valence-electron chi connectivity index (χ1n) is 9.61. The molecule has 2 N–H and O–H groups in total. The number of hydrogen-bond donors (Lipinski definition) is 2. The zero-order valence-corrected chi connectivity index (χ0v) is 15.1. The first-order valence-corrected chi connectivity index (χ1v) is 9.61. The summed E-state index contributed by atoms with van der Waals surface area (Å²) in [7, 11) is 0. The summed E-state index contributed by atoms with van der Waals surface area (Å²) >= 11 is 0. The Morgan fingerprint density at radius 1 is 1.23 bits per heavy atom. The molecule has 0 radical (unpaired) electrons. The second kappa shape index (κ2) is 7.63. The molecule has 2 fully saturated rings. The summed E-state index contributed by atoms with van der Waals surface area (Å²) < 4.78 is 1.78.